The normalized spacial score (nSPS) is 9.00. The van der Waals surface area contributed by atoms with Crippen molar-refractivity contribution < 1.29 is 45.4 Å². The molecule has 1 rings (SSSR count). The van der Waals surface area contributed by atoms with Gasteiger partial charge in [0.2, 0.25) is 0 Å². The molecule has 1 unspecified atom stereocenters. The van der Waals surface area contributed by atoms with Gasteiger partial charge >= 0.3 is 33.9 Å². The third-order valence-electron chi connectivity index (χ3n) is 2.92. The van der Waals surface area contributed by atoms with E-state index < -0.39 is 0 Å². The Balaban J connectivity index is -0.000000342. The van der Waals surface area contributed by atoms with E-state index in [1.54, 1.807) is 25.0 Å². The van der Waals surface area contributed by atoms with Gasteiger partial charge in [0, 0.05) is 35.5 Å². The summed E-state index contributed by atoms with van der Waals surface area (Å²) in [5, 5.41) is 0. The number of carbonyl (C=O) groups excluding carboxylic acids is 2. The number of Topliss-reactive ketones (excluding diaryl/α,β-unsaturated/α-hetero) is 1. The van der Waals surface area contributed by atoms with Crippen molar-refractivity contribution in [1.82, 2.24) is 0 Å². The van der Waals surface area contributed by atoms with Gasteiger partial charge in [0.05, 0.1) is 6.10 Å². The Morgan fingerprint density at radius 2 is 1.67 bits per heavy atom. The summed E-state index contributed by atoms with van der Waals surface area (Å²) in [5.74, 6) is -0.0655. The van der Waals surface area contributed by atoms with Crippen molar-refractivity contribution in [2.24, 2.45) is 0 Å². The van der Waals surface area contributed by atoms with Crippen LogP contribution >= 0.6 is 0 Å². The van der Waals surface area contributed by atoms with E-state index in [1.807, 2.05) is 18.2 Å². The van der Waals surface area contributed by atoms with Gasteiger partial charge in [-0.3, -0.25) is 4.79 Å². The second kappa shape index (κ2) is 28.9. The summed E-state index contributed by atoms with van der Waals surface area (Å²) in [4.78, 5) is 22.1. The largest absolute Gasteiger partial charge is 0 e. The van der Waals surface area contributed by atoms with Crippen molar-refractivity contribution in [2.75, 3.05) is 0 Å². The molecule has 0 amide bonds. The van der Waals surface area contributed by atoms with Crippen LogP contribution in [0.4, 0.5) is 0 Å². The second-order valence-corrected chi connectivity index (χ2v) is 4.52. The number of benzene rings is 1. The molecule has 1 atom stereocenters. The minimum absolute atomic E-state index is 0. The number of hydrogen-bond acceptors (Lipinski definition) is 3. The van der Waals surface area contributed by atoms with Crippen LogP contribution in [-0.4, -0.2) is 18.4 Å². The van der Waals surface area contributed by atoms with Gasteiger partial charge in [0.25, 0.3) is 0 Å². The van der Waals surface area contributed by atoms with Gasteiger partial charge in [0.15, 0.2) is 5.78 Å². The van der Waals surface area contributed by atoms with Crippen molar-refractivity contribution >= 4 is 12.3 Å². The quantitative estimate of drug-likeness (QED) is 0.183. The van der Waals surface area contributed by atoms with E-state index in [9.17, 15) is 9.59 Å². The van der Waals surface area contributed by atoms with Gasteiger partial charge in [-0.2, -0.15) is 0 Å². The molecule has 145 valence electrons. The van der Waals surface area contributed by atoms with Gasteiger partial charge < -0.3 is 9.53 Å². The number of unbranched alkanes of at least 4 members (excludes halogenated alkanes) is 2. The van der Waals surface area contributed by atoms with Crippen molar-refractivity contribution in [1.29, 1.82) is 0 Å². The fourth-order valence-corrected chi connectivity index (χ4v) is 1.82. The smallest absolute Gasteiger partial charge is 0 e. The van der Waals surface area contributed by atoms with E-state index in [-0.39, 0.29) is 29.0 Å². The Morgan fingerprint density at radius 1 is 1.11 bits per heavy atom. The van der Waals surface area contributed by atoms with Crippen LogP contribution in [-0.2, 0) is 40.6 Å². The molecule has 3 radical (unpaired) electrons. The van der Waals surface area contributed by atoms with Crippen LogP contribution in [0.1, 0.15) is 43.0 Å². The molecule has 27 heavy (non-hydrogen) atoms. The number of ether oxygens (including phenoxy) is 1. The number of hydrogen-bond donors (Lipinski definition) is 0. The van der Waals surface area contributed by atoms with E-state index >= 15 is 0 Å². The second-order valence-electron chi connectivity index (χ2n) is 4.52. The summed E-state index contributed by atoms with van der Waals surface area (Å²) in [7, 11) is 0. The van der Waals surface area contributed by atoms with E-state index in [0.29, 0.717) is 5.56 Å². The summed E-state index contributed by atoms with van der Waals surface area (Å²) in [6.45, 7) is 17.1. The third-order valence-corrected chi connectivity index (χ3v) is 2.92. The van der Waals surface area contributed by atoms with Crippen LogP contribution < -0.4 is 0 Å². The molecule has 0 saturated heterocycles. The molecule has 0 spiro atoms. The maximum Gasteiger partial charge on any atom is 0 e. The number of rotatable bonds is 11. The summed E-state index contributed by atoms with van der Waals surface area (Å²) in [6.07, 6.45) is 8.49. The Morgan fingerprint density at radius 3 is 2.15 bits per heavy atom. The summed E-state index contributed by atoms with van der Waals surface area (Å²) >= 11 is 0. The Labute approximate surface area is 171 Å². The van der Waals surface area contributed by atoms with Crippen molar-refractivity contribution in [3.8, 4) is 0 Å². The Bertz CT molecular complexity index is 496. The first kappa shape index (κ1) is 32.7. The zero-order chi connectivity index (χ0) is 20.6. The Kier molecular flexibility index (Phi) is 35.0. The number of carbonyl (C=O) groups is 1. The van der Waals surface area contributed by atoms with E-state index in [0.717, 1.165) is 25.7 Å². The summed E-state index contributed by atoms with van der Waals surface area (Å²) in [5.41, 5.74) is 0.641. The van der Waals surface area contributed by atoms with E-state index in [4.69, 9.17) is 18.7 Å². The molecule has 1 aromatic rings. The first-order valence-corrected chi connectivity index (χ1v) is 7.53. The SMILES string of the molecule is CCCCCC([CH][CH][CH]C(=O)c1ccccc1)O[C-]=O.[C-]#[O+].[C-]#[O+].[C-]#[O+].[Fe]. The average molecular weight is 412 g/mol. The topological polar surface area (TPSA) is 103 Å². The third kappa shape index (κ3) is 20.3. The number of ketones is 1. The molecule has 6 nitrogen and oxygen atoms in total. The fourth-order valence-electron chi connectivity index (χ4n) is 1.82. The summed E-state index contributed by atoms with van der Waals surface area (Å²) < 4.78 is 27.4. The molecule has 0 bridgehead atoms. The minimum atomic E-state index is -0.307. The molecule has 0 aliphatic heterocycles. The van der Waals surface area contributed by atoms with Crippen LogP contribution in [0.25, 0.3) is 0 Å². The van der Waals surface area contributed by atoms with Crippen molar-refractivity contribution in [3.63, 3.8) is 0 Å². The van der Waals surface area contributed by atoms with Crippen LogP contribution in [0.5, 0.6) is 0 Å². The molecule has 0 saturated carbocycles. The zero-order valence-electron chi connectivity index (χ0n) is 14.8. The molecule has 0 aromatic heterocycles. The molecule has 1 aromatic carbocycles. The first-order valence-electron chi connectivity index (χ1n) is 7.53. The molecular weight excluding hydrogens is 392 g/mol. The maximum absolute atomic E-state index is 11.8. The zero-order valence-corrected chi connectivity index (χ0v) is 15.9. The maximum atomic E-state index is 11.8. The van der Waals surface area contributed by atoms with Crippen molar-refractivity contribution in [3.05, 3.63) is 75.1 Å². The fraction of sp³-hybridized carbons (Fsp3) is 0.300. The monoisotopic (exact) mass is 412 g/mol. The molecule has 0 fully saturated rings. The molecule has 7 heteroatoms. The van der Waals surface area contributed by atoms with Crippen LogP contribution in [0.15, 0.2) is 30.3 Å². The first-order chi connectivity index (χ1) is 12.8. The van der Waals surface area contributed by atoms with Crippen LogP contribution in [0.2, 0.25) is 0 Å². The predicted molar refractivity (Wildman–Crippen MR) is 90.2 cm³/mol. The van der Waals surface area contributed by atoms with Gasteiger partial charge in [-0.05, 0) is 19.3 Å². The molecule has 0 aliphatic carbocycles. The van der Waals surface area contributed by atoms with E-state index in [1.165, 1.54) is 12.9 Å². The van der Waals surface area contributed by atoms with Crippen LogP contribution in [0.3, 0.4) is 0 Å². The van der Waals surface area contributed by atoms with Gasteiger partial charge in [-0.15, -0.1) is 0 Å². The summed E-state index contributed by atoms with van der Waals surface area (Å²) in [6, 6.07) is 9.04. The van der Waals surface area contributed by atoms with Gasteiger partial charge in [0.1, 0.15) is 0 Å². The molecule has 0 heterocycles. The van der Waals surface area contributed by atoms with Gasteiger partial charge in [-0.25, -0.2) is 0 Å². The van der Waals surface area contributed by atoms with Gasteiger partial charge in [-0.1, -0.05) is 56.6 Å². The molecule has 0 N–H and O–H groups in total. The van der Waals surface area contributed by atoms with E-state index in [2.05, 4.69) is 26.9 Å². The standard InChI is InChI=1S/C17H20O3.3CO.Fe/c1-2-3-5-11-16(20-14-18)12-8-13-17(19)15-9-6-4-7-10-15;3*1-2;/h4,6-10,12-13,16H,2-3,5,11H2,1H3;;;;/q-1;;;;. The molecular formula is C20H20FeO6-. The predicted octanol–water partition coefficient (Wildman–Crippen LogP) is 3.40. The average Bonchev–Trinajstić information content (AvgIpc) is 2.73. The van der Waals surface area contributed by atoms with Crippen LogP contribution in [0, 0.1) is 39.2 Å². The molecule has 0 aliphatic rings. The minimum Gasteiger partial charge on any atom is 0 e. The van der Waals surface area contributed by atoms with Crippen molar-refractivity contribution in [2.45, 2.75) is 38.7 Å². The Hall–Kier alpha value is -1.90.